The van der Waals surface area contributed by atoms with Crippen LogP contribution in [-0.4, -0.2) is 48.1 Å². The van der Waals surface area contributed by atoms with Crippen LogP contribution in [0.2, 0.25) is 0 Å². The largest absolute Gasteiger partial charge is 0.396 e. The quantitative estimate of drug-likeness (QED) is 0.590. The third-order valence-corrected chi connectivity index (χ3v) is 3.11. The molecule has 0 aromatic heterocycles. The first-order chi connectivity index (χ1) is 9.86. The average molecular weight is 295 g/mol. The van der Waals surface area contributed by atoms with E-state index in [-0.39, 0.29) is 29.7 Å². The highest BCUT2D eigenvalue weighted by atomic mass is 16.6. The number of nitro groups is 1. The number of carbonyl (C=O) groups excluding carboxylic acids is 1. The molecule has 116 valence electrons. The van der Waals surface area contributed by atoms with Gasteiger partial charge >= 0.3 is 0 Å². The topological polar surface area (TPSA) is 95.7 Å². The Morgan fingerprint density at radius 1 is 1.48 bits per heavy atom. The van der Waals surface area contributed by atoms with Crippen LogP contribution in [0, 0.1) is 16.0 Å². The van der Waals surface area contributed by atoms with E-state index in [0.717, 1.165) is 0 Å². The van der Waals surface area contributed by atoms with Crippen LogP contribution in [0.4, 0.5) is 11.4 Å². The molecule has 7 nitrogen and oxygen atoms in total. The number of nitrogens with one attached hydrogen (secondary N) is 1. The number of carbonyl (C=O) groups is 1. The summed E-state index contributed by atoms with van der Waals surface area (Å²) in [5, 5.41) is 23.0. The minimum Gasteiger partial charge on any atom is -0.396 e. The molecule has 0 aliphatic heterocycles. The van der Waals surface area contributed by atoms with Crippen LogP contribution in [-0.2, 0) is 0 Å². The molecule has 1 aromatic rings. The highest BCUT2D eigenvalue weighted by Gasteiger charge is 2.18. The van der Waals surface area contributed by atoms with Gasteiger partial charge in [0, 0.05) is 38.9 Å². The highest BCUT2D eigenvalue weighted by molar-refractivity contribution is 5.95. The van der Waals surface area contributed by atoms with E-state index in [0.29, 0.717) is 18.7 Å². The molecular formula is C14H21N3O4. The molecule has 0 saturated carbocycles. The molecule has 21 heavy (non-hydrogen) atoms. The van der Waals surface area contributed by atoms with E-state index in [1.54, 1.807) is 26.2 Å². The second kappa shape index (κ2) is 7.58. The summed E-state index contributed by atoms with van der Waals surface area (Å²) >= 11 is 0. The van der Waals surface area contributed by atoms with Crippen LogP contribution >= 0.6 is 0 Å². The van der Waals surface area contributed by atoms with Crippen molar-refractivity contribution in [1.29, 1.82) is 0 Å². The Labute approximate surface area is 123 Å². The number of benzene rings is 1. The van der Waals surface area contributed by atoms with Gasteiger partial charge in [-0.2, -0.15) is 0 Å². The van der Waals surface area contributed by atoms with Crippen LogP contribution in [0.3, 0.4) is 0 Å². The van der Waals surface area contributed by atoms with Crippen LogP contribution in [0.25, 0.3) is 0 Å². The molecule has 1 amide bonds. The van der Waals surface area contributed by atoms with Crippen molar-refractivity contribution in [2.45, 2.75) is 13.3 Å². The Morgan fingerprint density at radius 3 is 2.67 bits per heavy atom. The minimum absolute atomic E-state index is 0.0845. The highest BCUT2D eigenvalue weighted by Crippen LogP contribution is 2.26. The van der Waals surface area contributed by atoms with Gasteiger partial charge in [0.25, 0.3) is 11.6 Å². The lowest BCUT2D eigenvalue weighted by atomic mass is 10.1. The average Bonchev–Trinajstić information content (AvgIpc) is 2.44. The maximum absolute atomic E-state index is 11.8. The number of aliphatic hydroxyl groups excluding tert-OH is 1. The second-order valence-electron chi connectivity index (χ2n) is 5.19. The van der Waals surface area contributed by atoms with Crippen molar-refractivity contribution in [3.8, 4) is 0 Å². The molecule has 0 aliphatic carbocycles. The van der Waals surface area contributed by atoms with E-state index in [1.807, 2.05) is 6.92 Å². The predicted octanol–water partition coefficient (Wildman–Crippen LogP) is 1.73. The minimum atomic E-state index is -0.508. The molecule has 0 spiro atoms. The summed E-state index contributed by atoms with van der Waals surface area (Å²) in [5.74, 6) is -0.0870. The molecule has 0 heterocycles. The summed E-state index contributed by atoms with van der Waals surface area (Å²) in [6.45, 7) is 2.54. The van der Waals surface area contributed by atoms with Gasteiger partial charge in [-0.1, -0.05) is 6.92 Å². The number of anilines is 1. The lowest BCUT2D eigenvalue weighted by molar-refractivity contribution is -0.384. The molecular weight excluding hydrogens is 274 g/mol. The zero-order chi connectivity index (χ0) is 16.0. The fourth-order valence-corrected chi connectivity index (χ4v) is 1.83. The molecule has 0 saturated heterocycles. The molecule has 2 N–H and O–H groups in total. The Morgan fingerprint density at radius 2 is 2.14 bits per heavy atom. The van der Waals surface area contributed by atoms with E-state index in [2.05, 4.69) is 5.32 Å². The maximum atomic E-state index is 11.8. The van der Waals surface area contributed by atoms with E-state index < -0.39 is 4.92 Å². The molecule has 1 aromatic carbocycles. The first-order valence-electron chi connectivity index (χ1n) is 6.71. The predicted molar refractivity (Wildman–Crippen MR) is 80.5 cm³/mol. The third-order valence-electron chi connectivity index (χ3n) is 3.11. The van der Waals surface area contributed by atoms with Crippen molar-refractivity contribution in [3.63, 3.8) is 0 Å². The fourth-order valence-electron chi connectivity index (χ4n) is 1.83. The smallest absolute Gasteiger partial charge is 0.293 e. The maximum Gasteiger partial charge on any atom is 0.293 e. The zero-order valence-electron chi connectivity index (χ0n) is 12.5. The van der Waals surface area contributed by atoms with Gasteiger partial charge in [-0.15, -0.1) is 0 Å². The monoisotopic (exact) mass is 295 g/mol. The van der Waals surface area contributed by atoms with Gasteiger partial charge in [-0.05, 0) is 24.5 Å². The zero-order valence-corrected chi connectivity index (χ0v) is 12.5. The molecule has 0 radical (unpaired) electrons. The van der Waals surface area contributed by atoms with Crippen LogP contribution < -0.4 is 5.32 Å². The van der Waals surface area contributed by atoms with Gasteiger partial charge in [-0.3, -0.25) is 14.9 Å². The van der Waals surface area contributed by atoms with Gasteiger partial charge in [0.2, 0.25) is 0 Å². The number of nitrogens with zero attached hydrogens (tertiary/aromatic N) is 2. The summed E-state index contributed by atoms with van der Waals surface area (Å²) in [6.07, 6.45) is 0.623. The Hall–Kier alpha value is -2.15. The Balaban J connectivity index is 2.95. The molecule has 1 unspecified atom stereocenters. The summed E-state index contributed by atoms with van der Waals surface area (Å²) in [5.41, 5.74) is 0.527. The Bertz CT molecular complexity index is 517. The number of hydrogen-bond donors (Lipinski definition) is 2. The lowest BCUT2D eigenvalue weighted by Gasteiger charge is -2.14. The van der Waals surface area contributed by atoms with Gasteiger partial charge in [-0.25, -0.2) is 0 Å². The summed E-state index contributed by atoms with van der Waals surface area (Å²) in [7, 11) is 3.19. The normalized spacial score (nSPS) is 11.8. The molecule has 7 heteroatoms. The van der Waals surface area contributed by atoms with E-state index in [4.69, 9.17) is 5.11 Å². The van der Waals surface area contributed by atoms with E-state index in [1.165, 1.54) is 11.0 Å². The van der Waals surface area contributed by atoms with Crippen molar-refractivity contribution in [3.05, 3.63) is 33.9 Å². The first kappa shape index (κ1) is 16.9. The lowest BCUT2D eigenvalue weighted by Crippen LogP contribution is -2.22. The summed E-state index contributed by atoms with van der Waals surface area (Å²) in [4.78, 5) is 23.8. The van der Waals surface area contributed by atoms with Gasteiger partial charge in [0.05, 0.1) is 4.92 Å². The van der Waals surface area contributed by atoms with Gasteiger partial charge in [0.1, 0.15) is 5.69 Å². The molecule has 0 bridgehead atoms. The van der Waals surface area contributed by atoms with E-state index in [9.17, 15) is 14.9 Å². The van der Waals surface area contributed by atoms with Gasteiger partial charge < -0.3 is 15.3 Å². The van der Waals surface area contributed by atoms with Crippen LogP contribution in [0.5, 0.6) is 0 Å². The third kappa shape index (κ3) is 4.71. The molecule has 1 atom stereocenters. The number of rotatable bonds is 7. The van der Waals surface area contributed by atoms with Crippen LogP contribution in [0.15, 0.2) is 18.2 Å². The van der Waals surface area contributed by atoms with Gasteiger partial charge in [0.15, 0.2) is 0 Å². The molecule has 1 rings (SSSR count). The summed E-state index contributed by atoms with van der Waals surface area (Å²) in [6, 6.07) is 4.39. The van der Waals surface area contributed by atoms with Crippen LogP contribution in [0.1, 0.15) is 23.7 Å². The standard InChI is InChI=1S/C14H21N3O4/c1-10(6-7-18)9-15-12-5-4-11(14(19)16(2)3)8-13(12)17(20)21/h4-5,8,10,15,18H,6-7,9H2,1-3H3. The van der Waals surface area contributed by atoms with Crippen molar-refractivity contribution in [2.24, 2.45) is 5.92 Å². The molecule has 0 aliphatic rings. The molecule has 0 fully saturated rings. The SMILES string of the molecule is CC(CCO)CNc1ccc(C(=O)N(C)C)cc1[N+](=O)[O-]. The number of hydrogen-bond acceptors (Lipinski definition) is 5. The number of amides is 1. The van der Waals surface area contributed by atoms with E-state index >= 15 is 0 Å². The van der Waals surface area contributed by atoms with Crippen molar-refractivity contribution >= 4 is 17.3 Å². The fraction of sp³-hybridized carbons (Fsp3) is 0.500. The van der Waals surface area contributed by atoms with Crippen molar-refractivity contribution in [2.75, 3.05) is 32.6 Å². The Kier molecular flexibility index (Phi) is 6.10. The number of nitro benzene ring substituents is 1. The first-order valence-corrected chi connectivity index (χ1v) is 6.71. The number of aliphatic hydroxyl groups is 1. The van der Waals surface area contributed by atoms with Crippen molar-refractivity contribution < 1.29 is 14.8 Å². The van der Waals surface area contributed by atoms with Crippen molar-refractivity contribution in [1.82, 2.24) is 4.90 Å². The second-order valence-corrected chi connectivity index (χ2v) is 5.19. The summed E-state index contributed by atoms with van der Waals surface area (Å²) < 4.78 is 0.